The maximum atomic E-state index is 10.7. The lowest BCUT2D eigenvalue weighted by Gasteiger charge is -1.89. The van der Waals surface area contributed by atoms with Crippen molar-refractivity contribution in [2.75, 3.05) is 7.05 Å². The van der Waals surface area contributed by atoms with Crippen molar-refractivity contribution >= 4 is 5.91 Å². The van der Waals surface area contributed by atoms with Crippen molar-refractivity contribution < 1.29 is 14.3 Å². The predicted octanol–water partition coefficient (Wildman–Crippen LogP) is 0.345. The van der Waals surface area contributed by atoms with Crippen LogP contribution in [-0.4, -0.2) is 18.1 Å². The van der Waals surface area contributed by atoms with Gasteiger partial charge in [0.05, 0.1) is 0 Å². The number of amides is 1. The van der Waals surface area contributed by atoms with Gasteiger partial charge >= 0.3 is 0 Å². The van der Waals surface area contributed by atoms with Gasteiger partial charge in [-0.3, -0.25) is 4.79 Å². The number of carbonyl (C=O) groups excluding carboxylic acids is 1. The van der Waals surface area contributed by atoms with Crippen LogP contribution in [0.5, 0.6) is 5.75 Å². The monoisotopic (exact) mass is 141 g/mol. The number of hydrogen-bond donors (Lipinski definition) is 2. The molecule has 4 nitrogen and oxygen atoms in total. The van der Waals surface area contributed by atoms with E-state index in [1.165, 1.54) is 13.1 Å². The number of furan rings is 1. The van der Waals surface area contributed by atoms with Crippen LogP contribution in [0.2, 0.25) is 0 Å². The molecule has 2 N–H and O–H groups in total. The van der Waals surface area contributed by atoms with E-state index in [1.807, 2.05) is 0 Å². The summed E-state index contributed by atoms with van der Waals surface area (Å²) in [5.41, 5.74) is 0. The molecular weight excluding hydrogens is 134 g/mol. The normalized spacial score (nSPS) is 9.30. The number of aromatic hydroxyl groups is 1. The van der Waals surface area contributed by atoms with Gasteiger partial charge in [0.25, 0.3) is 5.91 Å². The van der Waals surface area contributed by atoms with E-state index in [4.69, 9.17) is 5.11 Å². The third-order valence-corrected chi connectivity index (χ3v) is 1.04. The highest BCUT2D eigenvalue weighted by Crippen LogP contribution is 2.12. The van der Waals surface area contributed by atoms with Crippen molar-refractivity contribution in [3.8, 4) is 5.75 Å². The lowest BCUT2D eigenvalue weighted by Crippen LogP contribution is -2.16. The van der Waals surface area contributed by atoms with Crippen LogP contribution in [0.3, 0.4) is 0 Å². The largest absolute Gasteiger partial charge is 0.505 e. The molecule has 0 aliphatic rings. The van der Waals surface area contributed by atoms with Gasteiger partial charge in [-0.15, -0.1) is 0 Å². The summed E-state index contributed by atoms with van der Waals surface area (Å²) in [6.07, 6.45) is 1.10. The Kier molecular flexibility index (Phi) is 1.62. The van der Waals surface area contributed by atoms with Crippen molar-refractivity contribution in [1.82, 2.24) is 5.32 Å². The quantitative estimate of drug-likeness (QED) is 0.593. The van der Waals surface area contributed by atoms with Crippen molar-refractivity contribution in [2.24, 2.45) is 0 Å². The minimum absolute atomic E-state index is 0.0430. The van der Waals surface area contributed by atoms with Crippen molar-refractivity contribution in [3.05, 3.63) is 18.1 Å². The van der Waals surface area contributed by atoms with Crippen molar-refractivity contribution in [1.29, 1.82) is 0 Å². The van der Waals surface area contributed by atoms with Crippen LogP contribution < -0.4 is 5.32 Å². The molecule has 0 radical (unpaired) electrons. The van der Waals surface area contributed by atoms with Crippen LogP contribution in [0.15, 0.2) is 16.7 Å². The second-order valence-corrected chi connectivity index (χ2v) is 1.75. The molecule has 10 heavy (non-hydrogen) atoms. The van der Waals surface area contributed by atoms with E-state index >= 15 is 0 Å². The van der Waals surface area contributed by atoms with E-state index in [1.54, 1.807) is 0 Å². The summed E-state index contributed by atoms with van der Waals surface area (Å²) >= 11 is 0. The minimum atomic E-state index is -0.347. The molecule has 0 aliphatic carbocycles. The first-order valence-corrected chi connectivity index (χ1v) is 2.73. The lowest BCUT2D eigenvalue weighted by atomic mass is 10.4. The fourth-order valence-corrected chi connectivity index (χ4v) is 0.568. The molecular formula is C6H7NO3. The Morgan fingerprint density at radius 2 is 2.50 bits per heavy atom. The highest BCUT2D eigenvalue weighted by molar-refractivity contribution is 5.91. The minimum Gasteiger partial charge on any atom is -0.505 e. The first-order valence-electron chi connectivity index (χ1n) is 2.73. The molecule has 1 aromatic heterocycles. The van der Waals surface area contributed by atoms with Crippen LogP contribution in [0.4, 0.5) is 0 Å². The Hall–Kier alpha value is -1.45. The average Bonchev–Trinajstić information content (AvgIpc) is 2.34. The Morgan fingerprint density at radius 1 is 1.80 bits per heavy atom. The highest BCUT2D eigenvalue weighted by Gasteiger charge is 2.07. The Bertz CT molecular complexity index is 241. The third kappa shape index (κ3) is 1.10. The topological polar surface area (TPSA) is 62.5 Å². The smallest absolute Gasteiger partial charge is 0.286 e. The van der Waals surface area contributed by atoms with E-state index in [9.17, 15) is 4.79 Å². The van der Waals surface area contributed by atoms with Crippen LogP contribution >= 0.6 is 0 Å². The molecule has 0 saturated heterocycles. The predicted molar refractivity (Wildman–Crippen MR) is 33.8 cm³/mol. The zero-order valence-corrected chi connectivity index (χ0v) is 5.42. The summed E-state index contributed by atoms with van der Waals surface area (Å²) in [5, 5.41) is 11.1. The Morgan fingerprint density at radius 3 is 2.90 bits per heavy atom. The van der Waals surface area contributed by atoms with Gasteiger partial charge in [-0.1, -0.05) is 0 Å². The average molecular weight is 141 g/mol. The summed E-state index contributed by atoms with van der Waals surface area (Å²) in [5.74, 6) is -0.279. The summed E-state index contributed by atoms with van der Waals surface area (Å²) in [7, 11) is 1.49. The number of hydrogen-bond acceptors (Lipinski definition) is 3. The van der Waals surface area contributed by atoms with Crippen LogP contribution in [0, 0.1) is 0 Å². The van der Waals surface area contributed by atoms with Crippen LogP contribution in [-0.2, 0) is 0 Å². The molecule has 1 amide bonds. The first-order chi connectivity index (χ1) is 4.74. The molecule has 0 spiro atoms. The summed E-state index contributed by atoms with van der Waals surface area (Å²) in [6.45, 7) is 0. The highest BCUT2D eigenvalue weighted by atomic mass is 16.4. The molecule has 1 heterocycles. The molecule has 54 valence electrons. The Balaban J connectivity index is 2.85. The van der Waals surface area contributed by atoms with E-state index in [0.29, 0.717) is 0 Å². The fraction of sp³-hybridized carbons (Fsp3) is 0.167. The molecule has 1 rings (SSSR count). The van der Waals surface area contributed by atoms with Crippen molar-refractivity contribution in [2.45, 2.75) is 0 Å². The zero-order valence-electron chi connectivity index (χ0n) is 5.42. The molecule has 0 unspecified atom stereocenters. The number of carbonyl (C=O) groups is 1. The SMILES string of the molecule is CNC(=O)c1cc(O)co1. The lowest BCUT2D eigenvalue weighted by molar-refractivity contribution is 0.0935. The first kappa shape index (κ1) is 6.67. The fourth-order valence-electron chi connectivity index (χ4n) is 0.568. The summed E-state index contributed by atoms with van der Waals surface area (Å²) < 4.78 is 4.65. The van der Waals surface area contributed by atoms with E-state index < -0.39 is 0 Å². The van der Waals surface area contributed by atoms with Crippen molar-refractivity contribution in [3.63, 3.8) is 0 Å². The summed E-state index contributed by atoms with van der Waals surface area (Å²) in [6, 6.07) is 1.25. The van der Waals surface area contributed by atoms with Gasteiger partial charge in [0.15, 0.2) is 11.5 Å². The van der Waals surface area contributed by atoms with Gasteiger partial charge in [0, 0.05) is 13.1 Å². The molecule has 1 aromatic rings. The summed E-state index contributed by atoms with van der Waals surface area (Å²) in [4.78, 5) is 10.7. The van der Waals surface area contributed by atoms with Gasteiger partial charge < -0.3 is 14.8 Å². The molecule has 0 saturated carbocycles. The van der Waals surface area contributed by atoms with E-state index in [0.717, 1.165) is 6.26 Å². The number of rotatable bonds is 1. The molecule has 4 heteroatoms. The molecule has 0 fully saturated rings. The van der Waals surface area contributed by atoms with Gasteiger partial charge in [0.1, 0.15) is 6.26 Å². The Labute approximate surface area is 57.5 Å². The van der Waals surface area contributed by atoms with E-state index in [-0.39, 0.29) is 17.4 Å². The van der Waals surface area contributed by atoms with Gasteiger partial charge in [-0.25, -0.2) is 0 Å². The third-order valence-electron chi connectivity index (χ3n) is 1.04. The van der Waals surface area contributed by atoms with E-state index in [2.05, 4.69) is 9.73 Å². The molecule has 0 aromatic carbocycles. The molecule has 0 bridgehead atoms. The van der Waals surface area contributed by atoms with Gasteiger partial charge in [-0.2, -0.15) is 0 Å². The second-order valence-electron chi connectivity index (χ2n) is 1.75. The van der Waals surface area contributed by atoms with Crippen LogP contribution in [0.1, 0.15) is 10.6 Å². The molecule has 0 atom stereocenters. The zero-order chi connectivity index (χ0) is 7.56. The maximum absolute atomic E-state index is 10.7. The standard InChI is InChI=1S/C6H7NO3/c1-7-6(9)5-2-4(8)3-10-5/h2-3,8H,1H3,(H,7,9). The molecule has 0 aliphatic heterocycles. The van der Waals surface area contributed by atoms with Gasteiger partial charge in [-0.05, 0) is 0 Å². The second kappa shape index (κ2) is 2.43. The maximum Gasteiger partial charge on any atom is 0.286 e. The number of nitrogens with one attached hydrogen (secondary N) is 1. The van der Waals surface area contributed by atoms with Crippen LogP contribution in [0.25, 0.3) is 0 Å². The van der Waals surface area contributed by atoms with Gasteiger partial charge in [0.2, 0.25) is 0 Å².